The molecule has 0 aromatic heterocycles. The van der Waals surface area contributed by atoms with E-state index in [0.29, 0.717) is 11.6 Å². The molecule has 4 aromatic rings. The van der Waals surface area contributed by atoms with Crippen LogP contribution >= 0.6 is 0 Å². The molecule has 0 saturated carbocycles. The van der Waals surface area contributed by atoms with Crippen molar-refractivity contribution in [2.45, 2.75) is 32.7 Å². The topological polar surface area (TPSA) is 61.4 Å². The smallest absolute Gasteiger partial charge is 0.255 e. The van der Waals surface area contributed by atoms with Crippen molar-refractivity contribution in [3.05, 3.63) is 114 Å². The number of rotatable bonds is 8. The average Bonchev–Trinajstić information content (AvgIpc) is 2.86. The monoisotopic (exact) mass is 450 g/mol. The highest BCUT2D eigenvalue weighted by Gasteiger charge is 2.10. The lowest BCUT2D eigenvalue weighted by molar-refractivity contribution is 0.102. The summed E-state index contributed by atoms with van der Waals surface area (Å²) in [5.41, 5.74) is 6.84. The van der Waals surface area contributed by atoms with Gasteiger partial charge in [0, 0.05) is 23.0 Å². The number of aryl methyl sites for hydroxylation is 2. The molecule has 172 valence electrons. The van der Waals surface area contributed by atoms with Crippen LogP contribution < -0.4 is 10.6 Å². The third-order valence-corrected chi connectivity index (χ3v) is 5.95. The van der Waals surface area contributed by atoms with E-state index in [4.69, 9.17) is 0 Å². The van der Waals surface area contributed by atoms with Crippen LogP contribution in [0.1, 0.15) is 34.8 Å². The molecule has 34 heavy (non-hydrogen) atoms. The molecule has 1 unspecified atom stereocenters. The first-order valence-electron chi connectivity index (χ1n) is 11.6. The van der Waals surface area contributed by atoms with Gasteiger partial charge >= 0.3 is 0 Å². The SMILES string of the molecule is Cc1ccc(NC(=O)c2ccc(-c3ccc(O)cc3)cc2)cc1NC(C)CCc1ccccc1. The van der Waals surface area contributed by atoms with Gasteiger partial charge in [-0.05, 0) is 85.3 Å². The number of nitrogens with one attached hydrogen (secondary N) is 2. The summed E-state index contributed by atoms with van der Waals surface area (Å²) in [4.78, 5) is 12.8. The highest BCUT2D eigenvalue weighted by molar-refractivity contribution is 6.04. The maximum atomic E-state index is 12.8. The first kappa shape index (κ1) is 23.1. The summed E-state index contributed by atoms with van der Waals surface area (Å²) in [6.45, 7) is 4.25. The zero-order chi connectivity index (χ0) is 23.9. The van der Waals surface area contributed by atoms with Gasteiger partial charge in [-0.25, -0.2) is 0 Å². The van der Waals surface area contributed by atoms with E-state index in [-0.39, 0.29) is 11.7 Å². The van der Waals surface area contributed by atoms with E-state index in [2.05, 4.69) is 48.7 Å². The summed E-state index contributed by atoms with van der Waals surface area (Å²) in [5.74, 6) is 0.0847. The van der Waals surface area contributed by atoms with Crippen molar-refractivity contribution in [1.29, 1.82) is 0 Å². The Morgan fingerprint density at radius 2 is 1.50 bits per heavy atom. The maximum Gasteiger partial charge on any atom is 0.255 e. The normalized spacial score (nSPS) is 11.6. The van der Waals surface area contributed by atoms with Gasteiger partial charge in [0.15, 0.2) is 0 Å². The van der Waals surface area contributed by atoms with Gasteiger partial charge < -0.3 is 15.7 Å². The molecular weight excluding hydrogens is 420 g/mol. The third-order valence-electron chi connectivity index (χ3n) is 5.95. The Bertz CT molecular complexity index is 1230. The van der Waals surface area contributed by atoms with Gasteiger partial charge in [-0.1, -0.05) is 60.7 Å². The second-order valence-electron chi connectivity index (χ2n) is 8.68. The van der Waals surface area contributed by atoms with Crippen molar-refractivity contribution in [1.82, 2.24) is 0 Å². The summed E-state index contributed by atoms with van der Waals surface area (Å²) >= 11 is 0. The average molecular weight is 451 g/mol. The van der Waals surface area contributed by atoms with Gasteiger partial charge in [-0.2, -0.15) is 0 Å². The highest BCUT2D eigenvalue weighted by atomic mass is 16.3. The van der Waals surface area contributed by atoms with Crippen LogP contribution in [-0.4, -0.2) is 17.1 Å². The number of carbonyl (C=O) groups excluding carboxylic acids is 1. The number of hydrogen-bond acceptors (Lipinski definition) is 3. The van der Waals surface area contributed by atoms with E-state index in [1.165, 1.54) is 5.56 Å². The van der Waals surface area contributed by atoms with E-state index in [1.807, 2.05) is 60.7 Å². The second kappa shape index (κ2) is 10.7. The first-order chi connectivity index (χ1) is 16.5. The zero-order valence-corrected chi connectivity index (χ0v) is 19.6. The fraction of sp³-hybridized carbons (Fsp3) is 0.167. The molecule has 0 aliphatic carbocycles. The van der Waals surface area contributed by atoms with E-state index < -0.39 is 0 Å². The minimum Gasteiger partial charge on any atom is -0.508 e. The van der Waals surface area contributed by atoms with Crippen LogP contribution in [0, 0.1) is 6.92 Å². The molecule has 1 atom stereocenters. The lowest BCUT2D eigenvalue weighted by atomic mass is 10.0. The Morgan fingerprint density at radius 3 is 2.18 bits per heavy atom. The molecule has 3 N–H and O–H groups in total. The van der Waals surface area contributed by atoms with E-state index in [0.717, 1.165) is 40.9 Å². The van der Waals surface area contributed by atoms with Gasteiger partial charge in [0.2, 0.25) is 0 Å². The molecule has 4 rings (SSSR count). The van der Waals surface area contributed by atoms with Crippen LogP contribution in [0.4, 0.5) is 11.4 Å². The molecule has 4 aromatic carbocycles. The van der Waals surface area contributed by atoms with Gasteiger partial charge in [-0.15, -0.1) is 0 Å². The summed E-state index contributed by atoms with van der Waals surface area (Å²) in [5, 5.41) is 16.1. The molecule has 4 heteroatoms. The maximum absolute atomic E-state index is 12.8. The van der Waals surface area contributed by atoms with Crippen LogP contribution in [-0.2, 0) is 6.42 Å². The third kappa shape index (κ3) is 6.04. The number of amides is 1. The summed E-state index contributed by atoms with van der Waals surface area (Å²) in [6, 6.07) is 31.2. The molecule has 0 spiro atoms. The fourth-order valence-electron chi connectivity index (χ4n) is 3.89. The lowest BCUT2D eigenvalue weighted by Gasteiger charge is -2.18. The quantitative estimate of drug-likeness (QED) is 0.269. The molecule has 0 aliphatic heterocycles. The van der Waals surface area contributed by atoms with Crippen molar-refractivity contribution in [3.8, 4) is 16.9 Å². The summed E-state index contributed by atoms with van der Waals surface area (Å²) in [6.07, 6.45) is 2.04. The van der Waals surface area contributed by atoms with E-state index >= 15 is 0 Å². The van der Waals surface area contributed by atoms with Crippen LogP contribution in [0.5, 0.6) is 5.75 Å². The van der Waals surface area contributed by atoms with Crippen LogP contribution in [0.25, 0.3) is 11.1 Å². The number of aromatic hydroxyl groups is 1. The van der Waals surface area contributed by atoms with Gasteiger partial charge in [0.1, 0.15) is 5.75 Å². The number of carbonyl (C=O) groups is 1. The Balaban J connectivity index is 1.38. The minimum atomic E-state index is -0.149. The lowest BCUT2D eigenvalue weighted by Crippen LogP contribution is -2.17. The van der Waals surface area contributed by atoms with Crippen LogP contribution in [0.2, 0.25) is 0 Å². The second-order valence-corrected chi connectivity index (χ2v) is 8.68. The first-order valence-corrected chi connectivity index (χ1v) is 11.6. The number of phenolic OH excluding ortho intramolecular Hbond substituents is 1. The van der Waals surface area contributed by atoms with E-state index in [9.17, 15) is 9.90 Å². The predicted molar refractivity (Wildman–Crippen MR) is 141 cm³/mol. The highest BCUT2D eigenvalue weighted by Crippen LogP contribution is 2.24. The van der Waals surface area contributed by atoms with Crippen LogP contribution in [0.3, 0.4) is 0 Å². The Morgan fingerprint density at radius 1 is 0.853 bits per heavy atom. The fourth-order valence-corrected chi connectivity index (χ4v) is 3.89. The Kier molecular flexibility index (Phi) is 7.28. The molecule has 0 bridgehead atoms. The molecule has 0 aliphatic rings. The Hall–Kier alpha value is -4.05. The molecule has 0 saturated heterocycles. The van der Waals surface area contributed by atoms with Crippen molar-refractivity contribution < 1.29 is 9.90 Å². The summed E-state index contributed by atoms with van der Waals surface area (Å²) in [7, 11) is 0. The minimum absolute atomic E-state index is 0.149. The molecule has 0 heterocycles. The van der Waals surface area contributed by atoms with Gasteiger partial charge in [-0.3, -0.25) is 4.79 Å². The molecule has 0 radical (unpaired) electrons. The van der Waals surface area contributed by atoms with Crippen molar-refractivity contribution in [3.63, 3.8) is 0 Å². The van der Waals surface area contributed by atoms with E-state index in [1.54, 1.807) is 12.1 Å². The Labute approximate surface area is 201 Å². The van der Waals surface area contributed by atoms with Crippen molar-refractivity contribution in [2.24, 2.45) is 0 Å². The number of benzene rings is 4. The van der Waals surface area contributed by atoms with Crippen LogP contribution in [0.15, 0.2) is 97.1 Å². The largest absolute Gasteiger partial charge is 0.508 e. The summed E-state index contributed by atoms with van der Waals surface area (Å²) < 4.78 is 0. The van der Waals surface area contributed by atoms with Crippen molar-refractivity contribution >= 4 is 17.3 Å². The van der Waals surface area contributed by atoms with Crippen molar-refractivity contribution in [2.75, 3.05) is 10.6 Å². The van der Waals surface area contributed by atoms with Gasteiger partial charge in [0.05, 0.1) is 0 Å². The molecule has 0 fully saturated rings. The number of phenols is 1. The molecule has 1 amide bonds. The number of anilines is 2. The number of hydrogen-bond donors (Lipinski definition) is 3. The molecule has 4 nitrogen and oxygen atoms in total. The molecular formula is C30H30N2O2. The zero-order valence-electron chi connectivity index (χ0n) is 19.6. The van der Waals surface area contributed by atoms with Gasteiger partial charge in [0.25, 0.3) is 5.91 Å². The predicted octanol–water partition coefficient (Wildman–Crippen LogP) is 7.05. The standard InChI is InChI=1S/C30H30N2O2/c1-21-8-17-27(20-29(21)31-22(2)9-10-23-6-4-3-5-7-23)32-30(34)26-13-11-24(12-14-26)25-15-18-28(33)19-16-25/h3-8,11-20,22,31,33H,9-10H2,1-2H3,(H,32,34).